The van der Waals surface area contributed by atoms with E-state index in [-0.39, 0.29) is 17.7 Å². The molecule has 0 fully saturated rings. The number of imide groups is 1. The first-order chi connectivity index (χ1) is 18.5. The number of anilines is 1. The van der Waals surface area contributed by atoms with E-state index in [1.807, 2.05) is 6.07 Å². The first kappa shape index (κ1) is 24.3. The van der Waals surface area contributed by atoms with Crippen molar-refractivity contribution < 1.29 is 18.8 Å². The Balaban J connectivity index is 1.14. The summed E-state index contributed by atoms with van der Waals surface area (Å²) in [5.74, 6) is -0.529. The van der Waals surface area contributed by atoms with Gasteiger partial charge in [-0.1, -0.05) is 34.1 Å². The number of benzene rings is 3. The largest absolute Gasteiger partial charge is 0.448 e. The minimum Gasteiger partial charge on any atom is -0.448 e. The highest BCUT2D eigenvalue weighted by molar-refractivity contribution is 9.10. The average Bonchev–Trinajstić information content (AvgIpc) is 3.60. The number of carbonyl (C=O) groups is 3. The number of thiazole rings is 1. The third-order valence-corrected chi connectivity index (χ3v) is 8.13. The van der Waals surface area contributed by atoms with E-state index >= 15 is 0 Å². The molecule has 1 N–H and O–H groups in total. The van der Waals surface area contributed by atoms with Crippen LogP contribution in [-0.4, -0.2) is 28.9 Å². The molecule has 3 amide bonds. The Hall–Kier alpha value is -4.06. The summed E-state index contributed by atoms with van der Waals surface area (Å²) in [7, 11) is 0. The fourth-order valence-electron chi connectivity index (χ4n) is 3.89. The predicted molar refractivity (Wildman–Crippen MR) is 149 cm³/mol. The number of halogens is 1. The molecule has 1 aliphatic heterocycles. The number of hydrazone groups is 1. The monoisotopic (exact) mass is 602 g/mol. The number of carbonyl (C=O) groups excluding carboxylic acids is 3. The molecular formula is C27H15BrN4O4S2. The van der Waals surface area contributed by atoms with Crippen molar-refractivity contribution in [3.63, 3.8) is 0 Å². The van der Waals surface area contributed by atoms with Crippen LogP contribution >= 0.6 is 39.0 Å². The number of nitrogens with one attached hydrogen (secondary N) is 1. The molecule has 1 aliphatic rings. The maximum absolute atomic E-state index is 12.8. The molecule has 0 saturated heterocycles. The highest BCUT2D eigenvalue weighted by Crippen LogP contribution is 2.37. The van der Waals surface area contributed by atoms with Gasteiger partial charge in [-0.25, -0.2) is 15.3 Å². The van der Waals surface area contributed by atoms with Crippen LogP contribution in [0.2, 0.25) is 0 Å². The molecule has 6 rings (SSSR count). The van der Waals surface area contributed by atoms with E-state index in [0.717, 1.165) is 19.0 Å². The van der Waals surface area contributed by atoms with Gasteiger partial charge in [-0.05, 0) is 72.4 Å². The van der Waals surface area contributed by atoms with Crippen LogP contribution in [-0.2, 0) is 0 Å². The molecule has 0 radical (unpaired) electrons. The third kappa shape index (κ3) is 4.67. The van der Waals surface area contributed by atoms with Gasteiger partial charge >= 0.3 is 0 Å². The van der Waals surface area contributed by atoms with Gasteiger partial charge in [0.05, 0.1) is 33.2 Å². The zero-order valence-corrected chi connectivity index (χ0v) is 22.5. The number of aromatic nitrogens is 1. The lowest BCUT2D eigenvalue weighted by Crippen LogP contribution is -2.29. The van der Waals surface area contributed by atoms with E-state index in [9.17, 15) is 14.4 Å². The number of rotatable bonds is 6. The molecule has 38 heavy (non-hydrogen) atoms. The molecule has 0 unspecified atom stereocenters. The van der Waals surface area contributed by atoms with Crippen molar-refractivity contribution in [1.29, 1.82) is 0 Å². The van der Waals surface area contributed by atoms with Gasteiger partial charge in [0.15, 0.2) is 9.43 Å². The van der Waals surface area contributed by atoms with Crippen LogP contribution in [0.3, 0.4) is 0 Å². The summed E-state index contributed by atoms with van der Waals surface area (Å²) in [4.78, 5) is 43.7. The van der Waals surface area contributed by atoms with Crippen molar-refractivity contribution in [3.05, 3.63) is 106 Å². The normalized spacial score (nSPS) is 13.0. The molecule has 2 aromatic heterocycles. The van der Waals surface area contributed by atoms with Crippen molar-refractivity contribution in [2.24, 2.45) is 5.10 Å². The summed E-state index contributed by atoms with van der Waals surface area (Å²) >= 11 is 6.11. The maximum Gasteiger partial charge on any atom is 0.271 e. The highest BCUT2D eigenvalue weighted by atomic mass is 79.9. The van der Waals surface area contributed by atoms with Gasteiger partial charge in [-0.3, -0.25) is 14.4 Å². The van der Waals surface area contributed by atoms with Crippen molar-refractivity contribution in [3.8, 4) is 0 Å². The SMILES string of the molecule is O=C(N/N=C\c1ccc(Sc2nc3ccc(N4C(=O)c5ccccc5C4=O)cc3s2)o1)c1cccc(Br)c1. The maximum atomic E-state index is 12.8. The van der Waals surface area contributed by atoms with Gasteiger partial charge in [0.25, 0.3) is 17.7 Å². The molecule has 0 bridgehead atoms. The molecule has 11 heteroatoms. The highest BCUT2D eigenvalue weighted by Gasteiger charge is 2.36. The Kier molecular flexibility index (Phi) is 6.40. The van der Waals surface area contributed by atoms with E-state index in [2.05, 4.69) is 31.4 Å². The topological polar surface area (TPSA) is 105 Å². The summed E-state index contributed by atoms with van der Waals surface area (Å²) in [5, 5.41) is 4.56. The Morgan fingerprint density at radius 3 is 2.55 bits per heavy atom. The van der Waals surface area contributed by atoms with Gasteiger partial charge < -0.3 is 4.42 Å². The zero-order chi connectivity index (χ0) is 26.2. The Morgan fingerprint density at radius 1 is 1.00 bits per heavy atom. The van der Waals surface area contributed by atoms with E-state index < -0.39 is 0 Å². The summed E-state index contributed by atoms with van der Waals surface area (Å²) in [6.07, 6.45) is 1.42. The van der Waals surface area contributed by atoms with Gasteiger partial charge in [-0.15, -0.1) is 11.3 Å². The molecule has 8 nitrogen and oxygen atoms in total. The second kappa shape index (κ2) is 10.0. The molecule has 0 spiro atoms. The minimum absolute atomic E-state index is 0.332. The molecule has 3 heterocycles. The van der Waals surface area contributed by atoms with Gasteiger partial charge in [-0.2, -0.15) is 5.10 Å². The molecular weight excluding hydrogens is 588 g/mol. The number of fused-ring (bicyclic) bond motifs is 2. The predicted octanol–water partition coefficient (Wildman–Crippen LogP) is 6.37. The van der Waals surface area contributed by atoms with E-state index in [1.54, 1.807) is 72.8 Å². The van der Waals surface area contributed by atoms with Crippen LogP contribution in [0.5, 0.6) is 0 Å². The minimum atomic E-state index is -0.334. The summed E-state index contributed by atoms with van der Waals surface area (Å²) in [6.45, 7) is 0. The zero-order valence-electron chi connectivity index (χ0n) is 19.3. The molecule has 0 saturated carbocycles. The molecule has 5 aromatic rings. The van der Waals surface area contributed by atoms with Crippen molar-refractivity contribution >= 4 is 78.9 Å². The standard InChI is InChI=1S/C27H15BrN4O4S2/c28-16-5-3-4-15(12-16)24(33)31-29-14-18-9-11-23(36-18)38-27-30-21-10-8-17(13-22(21)37-27)32-25(34)19-6-1-2-7-20(19)26(32)35/h1-14H,(H,31,33)/b29-14-. The fourth-order valence-corrected chi connectivity index (χ4v) is 6.29. The molecule has 186 valence electrons. The number of hydrogen-bond acceptors (Lipinski definition) is 8. The second-order valence-electron chi connectivity index (χ2n) is 8.09. The lowest BCUT2D eigenvalue weighted by molar-refractivity contribution is 0.0922. The van der Waals surface area contributed by atoms with Crippen molar-refractivity contribution in [2.75, 3.05) is 4.90 Å². The third-order valence-electron chi connectivity index (χ3n) is 5.64. The van der Waals surface area contributed by atoms with Gasteiger partial charge in [0.1, 0.15) is 5.76 Å². The lowest BCUT2D eigenvalue weighted by atomic mass is 10.1. The Bertz CT molecular complexity index is 1740. The summed E-state index contributed by atoms with van der Waals surface area (Å²) < 4.78 is 8.16. The van der Waals surface area contributed by atoms with Crippen LogP contribution in [0, 0.1) is 0 Å². The van der Waals surface area contributed by atoms with Crippen molar-refractivity contribution in [2.45, 2.75) is 9.43 Å². The molecule has 0 atom stereocenters. The Labute approximate surface area is 232 Å². The summed E-state index contributed by atoms with van der Waals surface area (Å²) in [6, 6.07) is 22.7. The summed E-state index contributed by atoms with van der Waals surface area (Å²) in [5.41, 5.74) is 5.02. The number of nitrogens with zero attached hydrogens (tertiary/aromatic N) is 3. The van der Waals surface area contributed by atoms with Crippen LogP contribution in [0.4, 0.5) is 5.69 Å². The number of amides is 3. The lowest BCUT2D eigenvalue weighted by Gasteiger charge is -2.13. The molecule has 0 aliphatic carbocycles. The fraction of sp³-hybridized carbons (Fsp3) is 0. The first-order valence-electron chi connectivity index (χ1n) is 11.2. The second-order valence-corrected chi connectivity index (χ2v) is 11.3. The van der Waals surface area contributed by atoms with Crippen LogP contribution in [0.1, 0.15) is 36.8 Å². The van der Waals surface area contributed by atoms with Crippen LogP contribution < -0.4 is 10.3 Å². The smallest absolute Gasteiger partial charge is 0.271 e. The van der Waals surface area contributed by atoms with Crippen molar-refractivity contribution in [1.82, 2.24) is 10.4 Å². The average molecular weight is 603 g/mol. The van der Waals surface area contributed by atoms with Gasteiger partial charge in [0, 0.05) is 10.0 Å². The van der Waals surface area contributed by atoms with Crippen LogP contribution in [0.15, 0.2) is 102 Å². The van der Waals surface area contributed by atoms with E-state index in [1.165, 1.54) is 34.2 Å². The van der Waals surface area contributed by atoms with E-state index in [4.69, 9.17) is 4.42 Å². The first-order valence-corrected chi connectivity index (χ1v) is 13.6. The quantitative estimate of drug-likeness (QED) is 0.138. The Morgan fingerprint density at radius 2 is 1.79 bits per heavy atom. The van der Waals surface area contributed by atoms with Gasteiger partial charge in [0.2, 0.25) is 0 Å². The number of hydrogen-bond donors (Lipinski definition) is 1. The van der Waals surface area contributed by atoms with Crippen LogP contribution in [0.25, 0.3) is 10.2 Å². The van der Waals surface area contributed by atoms with E-state index in [0.29, 0.717) is 33.2 Å². The number of furan rings is 1. The molecule has 3 aromatic carbocycles.